The fraction of sp³-hybridized carbons (Fsp3) is 0.600. The summed E-state index contributed by atoms with van der Waals surface area (Å²) in [5.74, 6) is -3.41. The van der Waals surface area contributed by atoms with Crippen molar-refractivity contribution in [2.75, 3.05) is 7.05 Å². The van der Waals surface area contributed by atoms with E-state index >= 15 is 0 Å². The van der Waals surface area contributed by atoms with E-state index in [1.54, 1.807) is 0 Å². The maximum absolute atomic E-state index is 12.5. The van der Waals surface area contributed by atoms with Crippen LogP contribution >= 0.6 is 0 Å². The van der Waals surface area contributed by atoms with Gasteiger partial charge in [0.2, 0.25) is 0 Å². The molecule has 1 aromatic rings. The van der Waals surface area contributed by atoms with Gasteiger partial charge in [0.15, 0.2) is 5.92 Å². The largest absolute Gasteiger partial charge is 0.472 e. The van der Waals surface area contributed by atoms with Crippen LogP contribution in [-0.4, -0.2) is 25.4 Å². The highest BCUT2D eigenvalue weighted by Gasteiger charge is 2.59. The molecule has 1 rings (SSSR count). The van der Waals surface area contributed by atoms with Crippen molar-refractivity contribution in [2.45, 2.75) is 24.8 Å². The molecule has 1 heterocycles. The topological polar surface area (TPSA) is 25.2 Å². The van der Waals surface area contributed by atoms with Gasteiger partial charge in [0.05, 0.1) is 12.5 Å². The summed E-state index contributed by atoms with van der Waals surface area (Å²) >= 11 is 0. The average Bonchev–Trinajstić information content (AvgIpc) is 2.64. The molecule has 0 bridgehead atoms. The zero-order valence-electron chi connectivity index (χ0n) is 9.27. The molecule has 1 aromatic heterocycles. The number of alkyl halides is 6. The monoisotopic (exact) mass is 275 g/mol. The maximum Gasteiger partial charge on any atom is 0.402 e. The summed E-state index contributed by atoms with van der Waals surface area (Å²) in [6, 6.07) is -0.462. The average molecular weight is 275 g/mol. The first-order valence-electron chi connectivity index (χ1n) is 4.98. The van der Waals surface area contributed by atoms with Gasteiger partial charge in [-0.2, -0.15) is 26.3 Å². The molecule has 1 unspecified atom stereocenters. The number of halogens is 6. The van der Waals surface area contributed by atoms with Crippen LogP contribution in [0, 0.1) is 5.92 Å². The lowest BCUT2D eigenvalue weighted by Crippen LogP contribution is -2.51. The molecule has 104 valence electrons. The van der Waals surface area contributed by atoms with E-state index in [0.29, 0.717) is 0 Å². The van der Waals surface area contributed by atoms with Crippen molar-refractivity contribution in [2.24, 2.45) is 5.92 Å². The quantitative estimate of drug-likeness (QED) is 0.854. The van der Waals surface area contributed by atoms with Gasteiger partial charge in [-0.3, -0.25) is 0 Å². The minimum atomic E-state index is -5.35. The number of hydrogen-bond donors (Lipinski definition) is 1. The van der Waals surface area contributed by atoms with Crippen LogP contribution in [0.5, 0.6) is 0 Å². The molecule has 1 atom stereocenters. The van der Waals surface area contributed by atoms with Gasteiger partial charge in [-0.15, -0.1) is 0 Å². The molecule has 0 aliphatic heterocycles. The first-order valence-corrected chi connectivity index (χ1v) is 4.98. The van der Waals surface area contributed by atoms with E-state index < -0.39 is 30.7 Å². The second-order valence-corrected chi connectivity index (χ2v) is 3.79. The molecule has 0 aromatic carbocycles. The summed E-state index contributed by atoms with van der Waals surface area (Å²) in [5, 5.41) is 2.07. The van der Waals surface area contributed by atoms with Crippen LogP contribution in [0.3, 0.4) is 0 Å². The summed E-state index contributed by atoms with van der Waals surface area (Å²) in [6.45, 7) is 0. The van der Waals surface area contributed by atoms with Gasteiger partial charge < -0.3 is 9.73 Å². The summed E-state index contributed by atoms with van der Waals surface area (Å²) in [4.78, 5) is 0. The number of furan rings is 1. The molecule has 0 amide bonds. The SMILES string of the molecule is CNC(Cc1ccoc1)C(C(F)(F)F)C(F)(F)F. The summed E-state index contributed by atoms with van der Waals surface area (Å²) in [7, 11) is 1.06. The molecule has 0 radical (unpaired) electrons. The van der Waals surface area contributed by atoms with Gasteiger partial charge in [0, 0.05) is 6.04 Å². The third-order valence-electron chi connectivity index (χ3n) is 2.51. The van der Waals surface area contributed by atoms with E-state index in [4.69, 9.17) is 0 Å². The lowest BCUT2D eigenvalue weighted by Gasteiger charge is -2.30. The van der Waals surface area contributed by atoms with Crippen molar-refractivity contribution in [3.05, 3.63) is 24.2 Å². The van der Waals surface area contributed by atoms with Gasteiger partial charge in [-0.05, 0) is 25.1 Å². The highest BCUT2D eigenvalue weighted by atomic mass is 19.4. The highest BCUT2D eigenvalue weighted by molar-refractivity contribution is 5.09. The minimum Gasteiger partial charge on any atom is -0.472 e. The van der Waals surface area contributed by atoms with Crippen LogP contribution in [0.2, 0.25) is 0 Å². The Morgan fingerprint density at radius 1 is 1.17 bits per heavy atom. The van der Waals surface area contributed by atoms with Crippen molar-refractivity contribution >= 4 is 0 Å². The Bertz CT molecular complexity index is 341. The fourth-order valence-corrected chi connectivity index (χ4v) is 1.69. The van der Waals surface area contributed by atoms with Crippen molar-refractivity contribution in [3.63, 3.8) is 0 Å². The smallest absolute Gasteiger partial charge is 0.402 e. The van der Waals surface area contributed by atoms with E-state index in [2.05, 4.69) is 9.73 Å². The lowest BCUT2D eigenvalue weighted by atomic mass is 9.93. The van der Waals surface area contributed by atoms with Gasteiger partial charge in [0.1, 0.15) is 0 Å². The highest BCUT2D eigenvalue weighted by Crippen LogP contribution is 2.42. The van der Waals surface area contributed by atoms with E-state index in [0.717, 1.165) is 13.3 Å². The van der Waals surface area contributed by atoms with E-state index in [9.17, 15) is 26.3 Å². The van der Waals surface area contributed by atoms with Crippen LogP contribution in [0.15, 0.2) is 23.0 Å². The molecule has 1 N–H and O–H groups in total. The predicted octanol–water partition coefficient (Wildman–Crippen LogP) is 3.15. The molecule has 0 saturated carbocycles. The summed E-state index contributed by atoms with van der Waals surface area (Å²) in [6.07, 6.45) is -8.81. The maximum atomic E-state index is 12.5. The van der Waals surface area contributed by atoms with Crippen LogP contribution < -0.4 is 5.32 Å². The molecular weight excluding hydrogens is 264 g/mol. The fourth-order valence-electron chi connectivity index (χ4n) is 1.69. The Labute approximate surface area is 99.0 Å². The molecule has 0 spiro atoms. The molecule has 0 aliphatic carbocycles. The van der Waals surface area contributed by atoms with E-state index in [-0.39, 0.29) is 5.56 Å². The molecule has 2 nitrogen and oxygen atoms in total. The third-order valence-corrected chi connectivity index (χ3v) is 2.51. The molecule has 18 heavy (non-hydrogen) atoms. The normalized spacial score (nSPS) is 15.1. The standard InChI is InChI=1S/C10H11F6NO/c1-17-7(4-6-2-3-18-5-6)8(9(11,12)13)10(14,15)16/h2-3,5,7-8,17H,4H2,1H3. The number of nitrogens with one attached hydrogen (secondary N) is 1. The van der Waals surface area contributed by atoms with E-state index in [1.807, 2.05) is 0 Å². The van der Waals surface area contributed by atoms with Crippen LogP contribution in [0.4, 0.5) is 26.3 Å². The number of likely N-dealkylation sites (N-methyl/N-ethyl adjacent to an activating group) is 1. The second-order valence-electron chi connectivity index (χ2n) is 3.79. The molecule has 0 saturated heterocycles. The van der Waals surface area contributed by atoms with Crippen LogP contribution in [-0.2, 0) is 6.42 Å². The lowest BCUT2D eigenvalue weighted by molar-refractivity contribution is -0.291. The van der Waals surface area contributed by atoms with Crippen LogP contribution in [0.1, 0.15) is 5.56 Å². The first kappa shape index (κ1) is 14.9. The third kappa shape index (κ3) is 3.66. The molecular formula is C10H11F6NO. The second kappa shape index (κ2) is 5.21. The summed E-state index contributed by atoms with van der Waals surface area (Å²) < 4.78 is 79.6. The Balaban J connectivity index is 2.95. The zero-order valence-corrected chi connectivity index (χ0v) is 9.27. The van der Waals surface area contributed by atoms with Gasteiger partial charge in [0.25, 0.3) is 0 Å². The van der Waals surface area contributed by atoms with Crippen molar-refractivity contribution in [3.8, 4) is 0 Å². The Morgan fingerprint density at radius 2 is 1.72 bits per heavy atom. The molecule has 8 heteroatoms. The van der Waals surface area contributed by atoms with Crippen molar-refractivity contribution in [1.82, 2.24) is 5.32 Å². The zero-order chi connectivity index (χ0) is 14.0. The van der Waals surface area contributed by atoms with Crippen molar-refractivity contribution < 1.29 is 30.8 Å². The Kier molecular flexibility index (Phi) is 4.31. The predicted molar refractivity (Wildman–Crippen MR) is 50.9 cm³/mol. The molecule has 0 aliphatic rings. The molecule has 0 fully saturated rings. The van der Waals surface area contributed by atoms with Crippen LogP contribution in [0.25, 0.3) is 0 Å². The Hall–Kier alpha value is -1.18. The van der Waals surface area contributed by atoms with Gasteiger partial charge in [-0.1, -0.05) is 0 Å². The van der Waals surface area contributed by atoms with E-state index in [1.165, 1.54) is 12.3 Å². The van der Waals surface area contributed by atoms with Gasteiger partial charge >= 0.3 is 12.4 Å². The Morgan fingerprint density at radius 3 is 2.06 bits per heavy atom. The first-order chi connectivity index (χ1) is 8.16. The van der Waals surface area contributed by atoms with Gasteiger partial charge in [-0.25, -0.2) is 0 Å². The van der Waals surface area contributed by atoms with Crippen molar-refractivity contribution in [1.29, 1.82) is 0 Å². The summed E-state index contributed by atoms with van der Waals surface area (Å²) in [5.41, 5.74) is 0.271. The number of hydrogen-bond acceptors (Lipinski definition) is 2. The number of rotatable bonds is 4. The minimum absolute atomic E-state index is 0.271.